The molecule has 2 aliphatic rings. The first-order valence-electron chi connectivity index (χ1n) is 6.45. The first-order chi connectivity index (χ1) is 8.22. The third-order valence-corrected chi connectivity index (χ3v) is 5.25. The zero-order chi connectivity index (χ0) is 11.8. The Bertz CT molecular complexity index is 404. The SMILES string of the molecule is CN1CCCC(NC2CCc3sc(Cl)cc32)C1. The summed E-state index contributed by atoms with van der Waals surface area (Å²) in [5.74, 6) is 0. The van der Waals surface area contributed by atoms with Crippen LogP contribution in [0, 0.1) is 0 Å². The van der Waals surface area contributed by atoms with E-state index in [1.807, 2.05) is 0 Å². The van der Waals surface area contributed by atoms with Gasteiger partial charge in [0.2, 0.25) is 0 Å². The van der Waals surface area contributed by atoms with Gasteiger partial charge in [0.25, 0.3) is 0 Å². The van der Waals surface area contributed by atoms with Gasteiger partial charge in [0.1, 0.15) is 0 Å². The van der Waals surface area contributed by atoms with Gasteiger partial charge in [0, 0.05) is 23.5 Å². The van der Waals surface area contributed by atoms with Crippen LogP contribution in [0.2, 0.25) is 4.34 Å². The van der Waals surface area contributed by atoms with E-state index in [2.05, 4.69) is 23.3 Å². The van der Waals surface area contributed by atoms with Gasteiger partial charge in [-0.3, -0.25) is 0 Å². The predicted molar refractivity (Wildman–Crippen MR) is 74.0 cm³/mol. The van der Waals surface area contributed by atoms with E-state index >= 15 is 0 Å². The van der Waals surface area contributed by atoms with Gasteiger partial charge in [-0.2, -0.15) is 0 Å². The summed E-state index contributed by atoms with van der Waals surface area (Å²) < 4.78 is 0.947. The van der Waals surface area contributed by atoms with Gasteiger partial charge in [-0.05, 0) is 50.9 Å². The molecular formula is C13H19ClN2S. The Morgan fingerprint density at radius 2 is 2.35 bits per heavy atom. The molecule has 3 rings (SSSR count). The highest BCUT2D eigenvalue weighted by Gasteiger charge is 2.28. The van der Waals surface area contributed by atoms with Crippen molar-refractivity contribution in [3.05, 3.63) is 20.8 Å². The molecule has 0 aromatic carbocycles. The second-order valence-corrected chi connectivity index (χ2v) is 7.06. The minimum Gasteiger partial charge on any atom is -0.306 e. The number of likely N-dealkylation sites (tertiary alicyclic amines) is 1. The van der Waals surface area contributed by atoms with Crippen molar-refractivity contribution in [1.82, 2.24) is 10.2 Å². The van der Waals surface area contributed by atoms with E-state index in [1.54, 1.807) is 11.3 Å². The number of fused-ring (bicyclic) bond motifs is 1. The van der Waals surface area contributed by atoms with E-state index in [-0.39, 0.29) is 0 Å². The standard InChI is InChI=1S/C13H19ClN2S/c1-16-6-2-3-9(8-16)15-11-4-5-12-10(11)7-13(14)17-12/h7,9,11,15H,2-6,8H2,1H3. The number of hydrogen-bond donors (Lipinski definition) is 1. The molecule has 1 aliphatic carbocycles. The normalized spacial score (nSPS) is 29.5. The molecule has 2 nitrogen and oxygen atoms in total. The Morgan fingerprint density at radius 3 is 3.18 bits per heavy atom. The van der Waals surface area contributed by atoms with Gasteiger partial charge in [0.15, 0.2) is 0 Å². The topological polar surface area (TPSA) is 15.3 Å². The van der Waals surface area contributed by atoms with Gasteiger partial charge in [-0.25, -0.2) is 0 Å². The highest BCUT2D eigenvalue weighted by molar-refractivity contribution is 7.16. The van der Waals surface area contributed by atoms with Gasteiger partial charge >= 0.3 is 0 Å². The smallest absolute Gasteiger partial charge is 0.0934 e. The van der Waals surface area contributed by atoms with E-state index in [0.29, 0.717) is 12.1 Å². The molecule has 2 unspecified atom stereocenters. The lowest BCUT2D eigenvalue weighted by atomic mass is 10.0. The molecule has 1 saturated heterocycles. The lowest BCUT2D eigenvalue weighted by Crippen LogP contribution is -2.44. The molecule has 1 aromatic rings. The quantitative estimate of drug-likeness (QED) is 0.889. The summed E-state index contributed by atoms with van der Waals surface area (Å²) in [4.78, 5) is 3.93. The molecule has 1 N–H and O–H groups in total. The summed E-state index contributed by atoms with van der Waals surface area (Å²) >= 11 is 7.85. The summed E-state index contributed by atoms with van der Waals surface area (Å²) in [5.41, 5.74) is 1.47. The molecule has 0 saturated carbocycles. The van der Waals surface area contributed by atoms with Crippen LogP contribution in [0.4, 0.5) is 0 Å². The summed E-state index contributed by atoms with van der Waals surface area (Å²) in [5, 5.41) is 3.82. The summed E-state index contributed by atoms with van der Waals surface area (Å²) in [6, 6.07) is 3.37. The molecule has 2 heterocycles. The van der Waals surface area contributed by atoms with Crippen molar-refractivity contribution in [1.29, 1.82) is 0 Å². The van der Waals surface area contributed by atoms with Crippen LogP contribution in [0.5, 0.6) is 0 Å². The minimum atomic E-state index is 0.547. The predicted octanol–water partition coefficient (Wildman–Crippen LogP) is 3.07. The van der Waals surface area contributed by atoms with Gasteiger partial charge in [0.05, 0.1) is 4.34 Å². The molecule has 94 valence electrons. The van der Waals surface area contributed by atoms with Crippen molar-refractivity contribution < 1.29 is 0 Å². The highest BCUT2D eigenvalue weighted by atomic mass is 35.5. The Balaban J connectivity index is 1.66. The second kappa shape index (κ2) is 4.88. The average molecular weight is 271 g/mol. The van der Waals surface area contributed by atoms with Crippen molar-refractivity contribution in [2.45, 2.75) is 37.8 Å². The number of hydrogen-bond acceptors (Lipinski definition) is 3. The van der Waals surface area contributed by atoms with Crippen LogP contribution < -0.4 is 5.32 Å². The number of likely N-dealkylation sites (N-methyl/N-ethyl adjacent to an activating group) is 1. The molecule has 0 bridgehead atoms. The Labute approximate surface area is 112 Å². The van der Waals surface area contributed by atoms with E-state index in [4.69, 9.17) is 11.6 Å². The molecular weight excluding hydrogens is 252 g/mol. The van der Waals surface area contributed by atoms with Crippen LogP contribution >= 0.6 is 22.9 Å². The molecule has 1 aliphatic heterocycles. The second-order valence-electron chi connectivity index (χ2n) is 5.29. The molecule has 0 spiro atoms. The monoisotopic (exact) mass is 270 g/mol. The summed E-state index contributed by atoms with van der Waals surface area (Å²) in [7, 11) is 2.22. The van der Waals surface area contributed by atoms with E-state index in [9.17, 15) is 0 Å². The number of rotatable bonds is 2. The number of thiophene rings is 1. The van der Waals surface area contributed by atoms with Crippen molar-refractivity contribution in [3.63, 3.8) is 0 Å². The molecule has 0 radical (unpaired) electrons. The maximum atomic E-state index is 6.09. The maximum Gasteiger partial charge on any atom is 0.0934 e. The molecule has 1 aromatic heterocycles. The van der Waals surface area contributed by atoms with Gasteiger partial charge in [-0.15, -0.1) is 11.3 Å². The Morgan fingerprint density at radius 1 is 1.47 bits per heavy atom. The van der Waals surface area contributed by atoms with Crippen molar-refractivity contribution in [2.75, 3.05) is 20.1 Å². The molecule has 1 fully saturated rings. The third kappa shape index (κ3) is 2.53. The molecule has 0 amide bonds. The van der Waals surface area contributed by atoms with E-state index < -0.39 is 0 Å². The van der Waals surface area contributed by atoms with Crippen molar-refractivity contribution in [3.8, 4) is 0 Å². The van der Waals surface area contributed by atoms with E-state index in [1.165, 1.54) is 49.2 Å². The van der Waals surface area contributed by atoms with Crippen molar-refractivity contribution in [2.24, 2.45) is 0 Å². The first-order valence-corrected chi connectivity index (χ1v) is 7.64. The van der Waals surface area contributed by atoms with Gasteiger partial charge < -0.3 is 10.2 Å². The fourth-order valence-corrected chi connectivity index (χ4v) is 4.45. The highest BCUT2D eigenvalue weighted by Crippen LogP contribution is 2.39. The number of nitrogens with one attached hydrogen (secondary N) is 1. The molecule has 17 heavy (non-hydrogen) atoms. The first kappa shape index (κ1) is 12.0. The van der Waals surface area contributed by atoms with Crippen molar-refractivity contribution >= 4 is 22.9 Å². The lowest BCUT2D eigenvalue weighted by molar-refractivity contribution is 0.216. The number of halogens is 1. The van der Waals surface area contributed by atoms with Crippen LogP contribution in [0.3, 0.4) is 0 Å². The van der Waals surface area contributed by atoms with Crippen LogP contribution in [-0.2, 0) is 6.42 Å². The van der Waals surface area contributed by atoms with E-state index in [0.717, 1.165) is 4.34 Å². The summed E-state index contributed by atoms with van der Waals surface area (Å²) in [6.45, 7) is 2.43. The maximum absolute atomic E-state index is 6.09. The summed E-state index contributed by atoms with van der Waals surface area (Å²) in [6.07, 6.45) is 5.08. The minimum absolute atomic E-state index is 0.547. The third-order valence-electron chi connectivity index (χ3n) is 3.91. The fourth-order valence-electron chi connectivity index (χ4n) is 3.09. The zero-order valence-electron chi connectivity index (χ0n) is 10.2. The Hall–Kier alpha value is -0.0900. The number of aryl methyl sites for hydroxylation is 1. The molecule has 2 atom stereocenters. The lowest BCUT2D eigenvalue weighted by Gasteiger charge is -2.32. The van der Waals surface area contributed by atoms with Gasteiger partial charge in [-0.1, -0.05) is 11.6 Å². The Kier molecular flexibility index (Phi) is 3.44. The number of nitrogens with zero attached hydrogens (tertiary/aromatic N) is 1. The number of piperidine rings is 1. The largest absolute Gasteiger partial charge is 0.306 e. The van der Waals surface area contributed by atoms with Crippen LogP contribution in [-0.4, -0.2) is 31.1 Å². The molecule has 4 heteroatoms. The fraction of sp³-hybridized carbons (Fsp3) is 0.692. The van der Waals surface area contributed by atoms with Crippen LogP contribution in [0.25, 0.3) is 0 Å². The average Bonchev–Trinajstić information content (AvgIpc) is 2.80. The van der Waals surface area contributed by atoms with Crippen LogP contribution in [0.15, 0.2) is 6.07 Å². The zero-order valence-corrected chi connectivity index (χ0v) is 11.8. The van der Waals surface area contributed by atoms with Crippen LogP contribution in [0.1, 0.15) is 35.7 Å².